The average molecular weight is 990 g/mol. The maximum absolute atomic E-state index is 11.2. The van der Waals surface area contributed by atoms with Crippen molar-refractivity contribution in [3.05, 3.63) is 197 Å². The summed E-state index contributed by atoms with van der Waals surface area (Å²) in [5.41, 5.74) is 15.4. The van der Waals surface area contributed by atoms with E-state index in [-0.39, 0.29) is 21.7 Å². The molecule has 7 heteroatoms. The number of rotatable bonds is 6. The topological polar surface area (TPSA) is 96.1 Å². The number of benzene rings is 8. The van der Waals surface area contributed by atoms with Crippen molar-refractivity contribution in [1.82, 2.24) is 24.1 Å². The predicted molar refractivity (Wildman–Crippen MR) is 314 cm³/mol. The van der Waals surface area contributed by atoms with Crippen LogP contribution in [-0.4, -0.2) is 24.1 Å². The Morgan fingerprint density at radius 2 is 0.750 bits per heavy atom. The summed E-state index contributed by atoms with van der Waals surface area (Å²) in [6, 6.07) is 62.2. The van der Waals surface area contributed by atoms with E-state index in [1.165, 1.54) is 22.3 Å². The van der Waals surface area contributed by atoms with Gasteiger partial charge < -0.3 is 9.13 Å². The lowest BCUT2D eigenvalue weighted by Gasteiger charge is -2.21. The molecule has 0 spiro atoms. The van der Waals surface area contributed by atoms with Gasteiger partial charge in [0.1, 0.15) is 0 Å². The summed E-state index contributed by atoms with van der Waals surface area (Å²) < 4.78 is 4.65. The second kappa shape index (κ2) is 18.0. The van der Waals surface area contributed by atoms with Crippen molar-refractivity contribution in [1.29, 1.82) is 10.5 Å². The first kappa shape index (κ1) is 49.6. The lowest BCUT2D eigenvalue weighted by Crippen LogP contribution is -2.10. The lowest BCUT2D eigenvalue weighted by molar-refractivity contribution is 0.590. The molecule has 11 aromatic rings. The molecule has 0 atom stereocenters. The van der Waals surface area contributed by atoms with Gasteiger partial charge in [0.15, 0.2) is 17.5 Å². The third-order valence-electron chi connectivity index (χ3n) is 15.1. The molecule has 0 aliphatic carbocycles. The first-order chi connectivity index (χ1) is 36.1. The van der Waals surface area contributed by atoms with Crippen molar-refractivity contribution < 1.29 is 0 Å². The van der Waals surface area contributed by atoms with E-state index in [1.807, 2.05) is 66.7 Å². The summed E-state index contributed by atoms with van der Waals surface area (Å²) in [5.74, 6) is 1.28. The number of fused-ring (bicyclic) bond motifs is 6. The van der Waals surface area contributed by atoms with Gasteiger partial charge in [-0.3, -0.25) is 0 Å². The van der Waals surface area contributed by atoms with E-state index in [0.29, 0.717) is 34.2 Å². The molecule has 8 aromatic carbocycles. The molecule has 11 rings (SSSR count). The summed E-state index contributed by atoms with van der Waals surface area (Å²) in [6.07, 6.45) is 0. The van der Waals surface area contributed by atoms with Crippen LogP contribution in [0.5, 0.6) is 0 Å². The molecule has 0 bridgehead atoms. The van der Waals surface area contributed by atoms with Crippen molar-refractivity contribution in [3.63, 3.8) is 0 Å². The normalized spacial score (nSPS) is 12.4. The highest BCUT2D eigenvalue weighted by Crippen LogP contribution is 2.45. The fourth-order valence-corrected chi connectivity index (χ4v) is 10.7. The van der Waals surface area contributed by atoms with Crippen LogP contribution >= 0.6 is 0 Å². The number of hydrogen-bond donors (Lipinski definition) is 0. The number of nitriles is 2. The highest BCUT2D eigenvalue weighted by molar-refractivity contribution is 6.12. The van der Waals surface area contributed by atoms with Gasteiger partial charge in [0, 0.05) is 27.1 Å². The van der Waals surface area contributed by atoms with Crippen molar-refractivity contribution in [3.8, 4) is 68.8 Å². The van der Waals surface area contributed by atoms with Gasteiger partial charge in [-0.15, -0.1) is 0 Å². The zero-order valence-electron chi connectivity index (χ0n) is 45.7. The van der Waals surface area contributed by atoms with Crippen molar-refractivity contribution in [2.45, 2.75) is 105 Å². The minimum Gasteiger partial charge on any atom is -0.308 e. The van der Waals surface area contributed by atoms with E-state index in [9.17, 15) is 10.5 Å². The fraction of sp³-hybridized carbons (Fsp3) is 0.232. The molecule has 0 fully saturated rings. The molecule has 0 radical (unpaired) electrons. The Labute approximate surface area is 446 Å². The van der Waals surface area contributed by atoms with Crippen LogP contribution in [0.25, 0.3) is 100 Å². The van der Waals surface area contributed by atoms with E-state index in [1.54, 1.807) is 0 Å². The SMILES string of the molecule is CC(C)(C)c1ccc2c(c1)c1cc(C(C)(C)C)ccc1n2-c1cccc(C#N)c1-c1nc(-c2ccccc2)nc(-c2c(-c3ccc(C#N)cc3)cccc2-n2c3ccc(C(C)(C)C)cc3c3cc(C(C)(C)C)ccc32)n1. The van der Waals surface area contributed by atoms with Gasteiger partial charge in [-0.1, -0.05) is 168 Å². The molecular formula is C69H63N7. The minimum absolute atomic E-state index is 0.0808. The second-order valence-electron chi connectivity index (χ2n) is 24.5. The molecule has 7 nitrogen and oxygen atoms in total. The van der Waals surface area contributed by atoms with E-state index in [4.69, 9.17) is 15.0 Å². The number of hydrogen-bond acceptors (Lipinski definition) is 5. The highest BCUT2D eigenvalue weighted by atomic mass is 15.1. The molecule has 3 heterocycles. The monoisotopic (exact) mass is 990 g/mol. The van der Waals surface area contributed by atoms with Gasteiger partial charge in [0.25, 0.3) is 0 Å². The standard InChI is InChI=1S/C69H63N7/c1-66(2,3)46-28-32-55-51(36-46)52-37-47(67(4,5)6)29-33-56(52)75(55)59-22-16-20-45(41-71)61(59)64-72-63(44-18-14-13-15-19-44)73-65(74-64)62-50(43-26-24-42(40-70)25-27-43)21-17-23-60(62)76-57-34-30-48(68(7,8)9)38-53(57)54-39-49(69(10,11)12)31-35-58(54)76/h13-39H,1-12H3. The predicted octanol–water partition coefficient (Wildman–Crippen LogP) is 17.7. The molecule has 3 aromatic heterocycles. The summed E-state index contributed by atoms with van der Waals surface area (Å²) in [6.45, 7) is 27.1. The second-order valence-corrected chi connectivity index (χ2v) is 24.5. The van der Waals surface area contributed by atoms with Crippen LogP contribution in [0.4, 0.5) is 0 Å². The summed E-state index contributed by atoms with van der Waals surface area (Å²) in [7, 11) is 0. The van der Waals surface area contributed by atoms with Gasteiger partial charge in [0.05, 0.1) is 67.8 Å². The van der Waals surface area contributed by atoms with Crippen LogP contribution in [-0.2, 0) is 21.7 Å². The molecule has 0 saturated heterocycles. The number of nitrogens with zero attached hydrogens (tertiary/aromatic N) is 7. The Balaban J connectivity index is 1.26. The maximum Gasteiger partial charge on any atom is 0.167 e. The van der Waals surface area contributed by atoms with Crippen LogP contribution in [0.1, 0.15) is 116 Å². The molecule has 0 amide bonds. The molecule has 0 unspecified atom stereocenters. The van der Waals surface area contributed by atoms with Crippen LogP contribution in [0.3, 0.4) is 0 Å². The van der Waals surface area contributed by atoms with Crippen LogP contribution in [0.15, 0.2) is 164 Å². The van der Waals surface area contributed by atoms with Crippen LogP contribution < -0.4 is 0 Å². The maximum atomic E-state index is 11.2. The quantitative estimate of drug-likeness (QED) is 0.165. The van der Waals surface area contributed by atoms with Gasteiger partial charge in [-0.2, -0.15) is 10.5 Å². The summed E-state index contributed by atoms with van der Waals surface area (Å²) in [5, 5.41) is 25.8. The van der Waals surface area contributed by atoms with E-state index in [2.05, 4.69) is 201 Å². The first-order valence-corrected chi connectivity index (χ1v) is 26.3. The zero-order chi connectivity index (χ0) is 53.6. The Hall–Kier alpha value is -8.65. The van der Waals surface area contributed by atoms with E-state index < -0.39 is 0 Å². The van der Waals surface area contributed by atoms with Gasteiger partial charge in [-0.25, -0.2) is 15.0 Å². The third-order valence-corrected chi connectivity index (χ3v) is 15.1. The van der Waals surface area contributed by atoms with Crippen LogP contribution in [0, 0.1) is 22.7 Å². The molecule has 0 N–H and O–H groups in total. The molecule has 0 aliphatic rings. The van der Waals surface area contributed by atoms with Crippen molar-refractivity contribution >= 4 is 43.6 Å². The Kier molecular flexibility index (Phi) is 11.8. The number of aromatic nitrogens is 5. The summed E-state index contributed by atoms with van der Waals surface area (Å²) >= 11 is 0. The first-order valence-electron chi connectivity index (χ1n) is 26.3. The minimum atomic E-state index is -0.0812. The van der Waals surface area contributed by atoms with Crippen molar-refractivity contribution in [2.75, 3.05) is 0 Å². The Bertz CT molecular complexity index is 4060. The summed E-state index contributed by atoms with van der Waals surface area (Å²) in [4.78, 5) is 16.5. The van der Waals surface area contributed by atoms with E-state index in [0.717, 1.165) is 77.2 Å². The Morgan fingerprint density at radius 1 is 0.355 bits per heavy atom. The molecule has 0 aliphatic heterocycles. The smallest absolute Gasteiger partial charge is 0.167 e. The van der Waals surface area contributed by atoms with E-state index >= 15 is 0 Å². The highest BCUT2D eigenvalue weighted by Gasteiger charge is 2.28. The molecule has 76 heavy (non-hydrogen) atoms. The third kappa shape index (κ3) is 8.60. The molecule has 0 saturated carbocycles. The Morgan fingerprint density at radius 3 is 1.16 bits per heavy atom. The molecule has 374 valence electrons. The van der Waals surface area contributed by atoms with Gasteiger partial charge >= 0.3 is 0 Å². The largest absolute Gasteiger partial charge is 0.308 e. The fourth-order valence-electron chi connectivity index (χ4n) is 10.7. The van der Waals surface area contributed by atoms with Crippen LogP contribution in [0.2, 0.25) is 0 Å². The van der Waals surface area contributed by atoms with Gasteiger partial charge in [-0.05, 0) is 134 Å². The molecular weight excluding hydrogens is 927 g/mol. The van der Waals surface area contributed by atoms with Gasteiger partial charge in [0.2, 0.25) is 0 Å². The average Bonchev–Trinajstić information content (AvgIpc) is 3.96. The lowest BCUT2D eigenvalue weighted by atomic mass is 9.85. The zero-order valence-corrected chi connectivity index (χ0v) is 45.7. The van der Waals surface area contributed by atoms with Crippen molar-refractivity contribution in [2.24, 2.45) is 0 Å².